The summed E-state index contributed by atoms with van der Waals surface area (Å²) in [6, 6.07) is 0. The van der Waals surface area contributed by atoms with Gasteiger partial charge in [0.05, 0.1) is 18.9 Å². The zero-order chi connectivity index (χ0) is 12.1. The Morgan fingerprint density at radius 1 is 1.62 bits per heavy atom. The van der Waals surface area contributed by atoms with Crippen molar-refractivity contribution in [3.8, 4) is 11.8 Å². The van der Waals surface area contributed by atoms with Gasteiger partial charge in [-0.05, 0) is 0 Å². The van der Waals surface area contributed by atoms with Crippen molar-refractivity contribution in [2.45, 2.75) is 6.42 Å². The molecular weight excluding hydrogens is 212 g/mol. The number of aromatic nitrogens is 2. The highest BCUT2D eigenvalue weighted by molar-refractivity contribution is 5.90. The molecule has 0 atom stereocenters. The van der Waals surface area contributed by atoms with Gasteiger partial charge in [-0.1, -0.05) is 11.8 Å². The fraction of sp³-hybridized carbons (Fsp3) is 0.300. The van der Waals surface area contributed by atoms with Crippen LogP contribution in [0.25, 0.3) is 0 Å². The molecule has 1 rings (SSSR count). The van der Waals surface area contributed by atoms with Crippen LogP contribution in [0, 0.1) is 11.8 Å². The second-order valence-corrected chi connectivity index (χ2v) is 2.89. The summed E-state index contributed by atoms with van der Waals surface area (Å²) in [4.78, 5) is 21.6. The maximum atomic E-state index is 11.3. The number of carbonyl (C=O) groups is 2. The van der Waals surface area contributed by atoms with E-state index in [1.807, 2.05) is 0 Å². The molecule has 6 nitrogen and oxygen atoms in total. The van der Waals surface area contributed by atoms with E-state index >= 15 is 0 Å². The van der Waals surface area contributed by atoms with E-state index in [9.17, 15) is 9.59 Å². The molecule has 1 heterocycles. The van der Waals surface area contributed by atoms with Crippen molar-refractivity contribution in [2.24, 2.45) is 7.05 Å². The van der Waals surface area contributed by atoms with Gasteiger partial charge in [0.25, 0.3) is 0 Å². The summed E-state index contributed by atoms with van der Waals surface area (Å²) < 4.78 is 5.89. The molecule has 1 aromatic rings. The summed E-state index contributed by atoms with van der Waals surface area (Å²) in [6.07, 6.45) is 1.11. The van der Waals surface area contributed by atoms with Crippen molar-refractivity contribution in [1.29, 1.82) is 0 Å². The second-order valence-electron chi connectivity index (χ2n) is 2.89. The van der Waals surface area contributed by atoms with Crippen molar-refractivity contribution < 1.29 is 19.4 Å². The number of rotatable bonds is 2. The van der Waals surface area contributed by atoms with E-state index in [4.69, 9.17) is 5.11 Å². The van der Waals surface area contributed by atoms with Crippen LogP contribution in [0.15, 0.2) is 6.20 Å². The van der Waals surface area contributed by atoms with Gasteiger partial charge in [0.1, 0.15) is 6.42 Å². The highest BCUT2D eigenvalue weighted by atomic mass is 16.5. The fourth-order valence-corrected chi connectivity index (χ4v) is 1.08. The molecule has 0 saturated carbocycles. The number of esters is 1. The minimum absolute atomic E-state index is 0.209. The Labute approximate surface area is 91.8 Å². The summed E-state index contributed by atoms with van der Waals surface area (Å²) in [5, 5.41) is 12.3. The number of nitrogens with zero attached hydrogens (tertiary/aromatic N) is 2. The Balaban J connectivity index is 3.00. The molecule has 0 aliphatic heterocycles. The van der Waals surface area contributed by atoms with Gasteiger partial charge in [-0.2, -0.15) is 5.10 Å². The minimum Gasteiger partial charge on any atom is -0.481 e. The molecule has 0 spiro atoms. The van der Waals surface area contributed by atoms with Crippen LogP contribution in [0.1, 0.15) is 22.5 Å². The maximum absolute atomic E-state index is 11.3. The number of carboxylic acids is 1. The van der Waals surface area contributed by atoms with Crippen LogP contribution in [0.3, 0.4) is 0 Å². The molecule has 0 bridgehead atoms. The standard InChI is InChI=1S/C10H10N2O4/c1-12-9(10(15)16-2)7(6-11-12)4-3-5-8(13)14/h6H,5H2,1-2H3,(H,13,14). The van der Waals surface area contributed by atoms with Crippen LogP contribution in [0.4, 0.5) is 0 Å². The van der Waals surface area contributed by atoms with Gasteiger partial charge in [0.2, 0.25) is 0 Å². The zero-order valence-corrected chi connectivity index (χ0v) is 8.85. The number of aryl methyl sites for hydroxylation is 1. The number of aliphatic carboxylic acids is 1. The molecule has 0 aliphatic rings. The van der Waals surface area contributed by atoms with Crippen molar-refractivity contribution in [3.63, 3.8) is 0 Å². The number of carbonyl (C=O) groups excluding carboxylic acids is 1. The molecule has 1 N–H and O–H groups in total. The highest BCUT2D eigenvalue weighted by Gasteiger charge is 2.15. The number of carboxylic acid groups (broad SMARTS) is 1. The summed E-state index contributed by atoms with van der Waals surface area (Å²) in [6.45, 7) is 0. The molecule has 1 aromatic heterocycles. The SMILES string of the molecule is COC(=O)c1c(C#CCC(=O)O)cnn1C. The lowest BCUT2D eigenvalue weighted by Crippen LogP contribution is -2.10. The first-order valence-electron chi connectivity index (χ1n) is 4.37. The van der Waals surface area contributed by atoms with Gasteiger partial charge in [-0.15, -0.1) is 0 Å². The third-order valence-electron chi connectivity index (χ3n) is 1.78. The molecule has 0 saturated heterocycles. The molecule has 16 heavy (non-hydrogen) atoms. The molecule has 84 valence electrons. The number of hydrogen-bond donors (Lipinski definition) is 1. The third kappa shape index (κ3) is 2.60. The average molecular weight is 222 g/mol. The Bertz CT molecular complexity index is 479. The molecular formula is C10H10N2O4. The van der Waals surface area contributed by atoms with Gasteiger partial charge >= 0.3 is 11.9 Å². The van der Waals surface area contributed by atoms with Crippen LogP contribution < -0.4 is 0 Å². The largest absolute Gasteiger partial charge is 0.481 e. The minimum atomic E-state index is -1.02. The Morgan fingerprint density at radius 3 is 2.88 bits per heavy atom. The van der Waals surface area contributed by atoms with Crippen LogP contribution >= 0.6 is 0 Å². The first kappa shape index (κ1) is 11.8. The molecule has 0 unspecified atom stereocenters. The van der Waals surface area contributed by atoms with E-state index in [2.05, 4.69) is 21.7 Å². The molecule has 6 heteroatoms. The van der Waals surface area contributed by atoms with Crippen LogP contribution in [-0.4, -0.2) is 33.9 Å². The topological polar surface area (TPSA) is 81.4 Å². The number of ether oxygens (including phenoxy) is 1. The number of hydrogen-bond acceptors (Lipinski definition) is 4. The molecule has 0 amide bonds. The van der Waals surface area contributed by atoms with E-state index in [1.54, 1.807) is 7.05 Å². The first-order valence-corrected chi connectivity index (χ1v) is 4.37. The third-order valence-corrected chi connectivity index (χ3v) is 1.78. The Morgan fingerprint density at radius 2 is 2.31 bits per heavy atom. The maximum Gasteiger partial charge on any atom is 0.357 e. The van der Waals surface area contributed by atoms with Crippen molar-refractivity contribution in [2.75, 3.05) is 7.11 Å². The normalized spacial score (nSPS) is 9.12. The zero-order valence-electron chi connectivity index (χ0n) is 8.85. The van der Waals surface area contributed by atoms with Crippen molar-refractivity contribution in [1.82, 2.24) is 9.78 Å². The van der Waals surface area contributed by atoms with Gasteiger partial charge < -0.3 is 9.84 Å². The first-order chi connectivity index (χ1) is 7.56. The van der Waals surface area contributed by atoms with Gasteiger partial charge in [-0.3, -0.25) is 9.48 Å². The highest BCUT2D eigenvalue weighted by Crippen LogP contribution is 2.07. The summed E-state index contributed by atoms with van der Waals surface area (Å²) in [5.41, 5.74) is 0.566. The monoisotopic (exact) mass is 222 g/mol. The van der Waals surface area contributed by atoms with Gasteiger partial charge in [-0.25, -0.2) is 4.79 Å². The average Bonchev–Trinajstić information content (AvgIpc) is 2.58. The fourth-order valence-electron chi connectivity index (χ4n) is 1.08. The molecule has 0 aromatic carbocycles. The van der Waals surface area contributed by atoms with Crippen molar-refractivity contribution >= 4 is 11.9 Å². The van der Waals surface area contributed by atoms with Crippen LogP contribution in [0.2, 0.25) is 0 Å². The quantitative estimate of drug-likeness (QED) is 0.564. The van der Waals surface area contributed by atoms with Crippen LogP contribution in [-0.2, 0) is 16.6 Å². The lowest BCUT2D eigenvalue weighted by Gasteiger charge is -1.99. The summed E-state index contributed by atoms with van der Waals surface area (Å²) in [5.74, 6) is 3.42. The number of methoxy groups -OCH3 is 1. The van der Waals surface area contributed by atoms with Crippen LogP contribution in [0.5, 0.6) is 0 Å². The van der Waals surface area contributed by atoms with E-state index in [-0.39, 0.29) is 12.1 Å². The van der Waals surface area contributed by atoms with Gasteiger partial charge in [0.15, 0.2) is 5.69 Å². The lowest BCUT2D eigenvalue weighted by molar-refractivity contribution is -0.135. The molecule has 0 radical (unpaired) electrons. The Kier molecular flexibility index (Phi) is 3.67. The molecule has 0 aliphatic carbocycles. The molecule has 0 fully saturated rings. The van der Waals surface area contributed by atoms with E-state index < -0.39 is 11.9 Å². The van der Waals surface area contributed by atoms with E-state index in [1.165, 1.54) is 18.0 Å². The smallest absolute Gasteiger partial charge is 0.357 e. The Hall–Kier alpha value is -2.29. The van der Waals surface area contributed by atoms with Crippen molar-refractivity contribution in [3.05, 3.63) is 17.5 Å². The summed E-state index contributed by atoms with van der Waals surface area (Å²) >= 11 is 0. The van der Waals surface area contributed by atoms with Gasteiger partial charge in [0, 0.05) is 7.05 Å². The van der Waals surface area contributed by atoms with E-state index in [0.717, 1.165) is 0 Å². The second kappa shape index (κ2) is 4.98. The summed E-state index contributed by atoms with van der Waals surface area (Å²) in [7, 11) is 2.83. The van der Waals surface area contributed by atoms with E-state index in [0.29, 0.717) is 5.56 Å². The lowest BCUT2D eigenvalue weighted by atomic mass is 10.2. The predicted octanol–water partition coefficient (Wildman–Crippen LogP) is 0.0329. The predicted molar refractivity (Wildman–Crippen MR) is 53.7 cm³/mol.